The third-order valence-electron chi connectivity index (χ3n) is 3.06. The average Bonchev–Trinajstić information content (AvgIpc) is 2.84. The first kappa shape index (κ1) is 12.9. The van der Waals surface area contributed by atoms with E-state index >= 15 is 0 Å². The minimum absolute atomic E-state index is 0.0231. The van der Waals surface area contributed by atoms with Crippen molar-refractivity contribution in [1.29, 1.82) is 0 Å². The minimum atomic E-state index is -0.0231. The predicted octanol–water partition coefficient (Wildman–Crippen LogP) is 2.54. The molecule has 0 saturated carbocycles. The van der Waals surface area contributed by atoms with Crippen molar-refractivity contribution in [3.63, 3.8) is 0 Å². The van der Waals surface area contributed by atoms with E-state index in [1.807, 2.05) is 13.1 Å². The van der Waals surface area contributed by atoms with Gasteiger partial charge in [0.25, 0.3) is 5.91 Å². The molecule has 1 atom stereocenters. The van der Waals surface area contributed by atoms with E-state index in [9.17, 15) is 4.79 Å². The van der Waals surface area contributed by atoms with Crippen LogP contribution in [0.2, 0.25) is 5.02 Å². The van der Waals surface area contributed by atoms with Crippen molar-refractivity contribution < 1.29 is 4.79 Å². The van der Waals surface area contributed by atoms with Gasteiger partial charge in [-0.1, -0.05) is 27.5 Å². The van der Waals surface area contributed by atoms with Crippen LogP contribution in [-0.4, -0.2) is 37.0 Å². The Bertz CT molecular complexity index is 433. The van der Waals surface area contributed by atoms with Crippen LogP contribution in [0.3, 0.4) is 0 Å². The number of hydrogen-bond acceptors (Lipinski definition) is 2. The molecule has 1 heterocycles. The summed E-state index contributed by atoms with van der Waals surface area (Å²) in [5, 5.41) is 3.75. The summed E-state index contributed by atoms with van der Waals surface area (Å²) >= 11 is 9.41. The maximum Gasteiger partial charge on any atom is 0.255 e. The van der Waals surface area contributed by atoms with Crippen molar-refractivity contribution in [2.75, 3.05) is 20.1 Å². The normalized spacial score (nSPS) is 19.4. The fourth-order valence-electron chi connectivity index (χ4n) is 1.99. The second kappa shape index (κ2) is 5.38. The number of likely N-dealkylation sites (N-methyl/N-ethyl adjacent to an activating group) is 1. The summed E-state index contributed by atoms with van der Waals surface area (Å²) in [4.78, 5) is 14.1. The van der Waals surface area contributed by atoms with Gasteiger partial charge in [0.05, 0.1) is 10.6 Å². The zero-order valence-electron chi connectivity index (χ0n) is 9.54. The minimum Gasteiger partial charge on any atom is -0.337 e. The van der Waals surface area contributed by atoms with Crippen LogP contribution in [0.1, 0.15) is 16.8 Å². The van der Waals surface area contributed by atoms with E-state index in [2.05, 4.69) is 21.2 Å². The van der Waals surface area contributed by atoms with Crippen molar-refractivity contribution >= 4 is 33.4 Å². The van der Waals surface area contributed by atoms with Gasteiger partial charge in [-0.3, -0.25) is 4.79 Å². The van der Waals surface area contributed by atoms with E-state index in [-0.39, 0.29) is 11.9 Å². The second-order valence-electron chi connectivity index (χ2n) is 4.19. The lowest BCUT2D eigenvalue weighted by Gasteiger charge is -2.24. The van der Waals surface area contributed by atoms with Gasteiger partial charge in [0.2, 0.25) is 0 Å². The van der Waals surface area contributed by atoms with Gasteiger partial charge in [-0.25, -0.2) is 0 Å². The molecule has 0 aromatic heterocycles. The van der Waals surface area contributed by atoms with Gasteiger partial charge in [0.1, 0.15) is 0 Å². The third kappa shape index (κ3) is 2.81. The number of amides is 1. The molecule has 3 nitrogen and oxygen atoms in total. The molecule has 1 aromatic rings. The Morgan fingerprint density at radius 1 is 1.59 bits per heavy atom. The molecular formula is C12H14BrClN2O. The van der Waals surface area contributed by atoms with Crippen LogP contribution in [0.5, 0.6) is 0 Å². The Morgan fingerprint density at radius 2 is 2.35 bits per heavy atom. The third-order valence-corrected chi connectivity index (χ3v) is 3.88. The van der Waals surface area contributed by atoms with Gasteiger partial charge in [-0.15, -0.1) is 0 Å². The summed E-state index contributed by atoms with van der Waals surface area (Å²) < 4.78 is 0.864. The number of halogens is 2. The Balaban J connectivity index is 2.20. The topological polar surface area (TPSA) is 32.3 Å². The van der Waals surface area contributed by atoms with E-state index in [1.54, 1.807) is 17.0 Å². The van der Waals surface area contributed by atoms with Gasteiger partial charge in [0.15, 0.2) is 0 Å². The first-order valence-electron chi connectivity index (χ1n) is 5.52. The highest BCUT2D eigenvalue weighted by Crippen LogP contribution is 2.23. The first-order chi connectivity index (χ1) is 8.09. The second-order valence-corrected chi connectivity index (χ2v) is 5.51. The van der Waals surface area contributed by atoms with E-state index in [1.165, 1.54) is 0 Å². The van der Waals surface area contributed by atoms with E-state index in [0.29, 0.717) is 10.6 Å². The van der Waals surface area contributed by atoms with Crippen molar-refractivity contribution in [3.05, 3.63) is 33.3 Å². The van der Waals surface area contributed by atoms with Crippen molar-refractivity contribution in [1.82, 2.24) is 10.2 Å². The molecule has 0 unspecified atom stereocenters. The lowest BCUT2D eigenvalue weighted by molar-refractivity contribution is 0.0744. The Labute approximate surface area is 114 Å². The summed E-state index contributed by atoms with van der Waals surface area (Å²) in [5.74, 6) is -0.0231. The van der Waals surface area contributed by atoms with Gasteiger partial charge >= 0.3 is 0 Å². The number of rotatable bonds is 2. The zero-order chi connectivity index (χ0) is 12.4. The van der Waals surface area contributed by atoms with Crippen LogP contribution in [0.15, 0.2) is 22.7 Å². The number of carbonyl (C=O) groups excluding carboxylic acids is 1. The van der Waals surface area contributed by atoms with Crippen molar-refractivity contribution in [3.8, 4) is 0 Å². The maximum absolute atomic E-state index is 12.3. The van der Waals surface area contributed by atoms with Crippen LogP contribution < -0.4 is 5.32 Å². The molecule has 0 aliphatic carbocycles. The number of hydrogen-bond donors (Lipinski definition) is 1. The average molecular weight is 318 g/mol. The molecule has 1 amide bonds. The summed E-state index contributed by atoms with van der Waals surface area (Å²) in [6.45, 7) is 1.82. The van der Waals surface area contributed by atoms with Crippen LogP contribution in [0, 0.1) is 0 Å². The molecule has 1 N–H and O–H groups in total. The fraction of sp³-hybridized carbons (Fsp3) is 0.417. The monoisotopic (exact) mass is 316 g/mol. The molecule has 1 aliphatic rings. The highest BCUT2D eigenvalue weighted by atomic mass is 79.9. The highest BCUT2D eigenvalue weighted by molar-refractivity contribution is 9.10. The lowest BCUT2D eigenvalue weighted by atomic mass is 10.1. The Hall–Kier alpha value is -0.580. The molecule has 1 saturated heterocycles. The molecule has 0 spiro atoms. The van der Waals surface area contributed by atoms with E-state index in [4.69, 9.17) is 11.6 Å². The standard InChI is InChI=1S/C12H14BrClN2O/c1-16(9-4-5-15-7-9)12(17)10-6-8(13)2-3-11(10)14/h2-3,6,9,15H,4-5,7H2,1H3/t9-/m1/s1. The van der Waals surface area contributed by atoms with Crippen LogP contribution in [0.25, 0.3) is 0 Å². The smallest absolute Gasteiger partial charge is 0.255 e. The van der Waals surface area contributed by atoms with Gasteiger partial charge in [-0.05, 0) is 31.2 Å². The van der Waals surface area contributed by atoms with E-state index < -0.39 is 0 Å². The van der Waals surface area contributed by atoms with Crippen molar-refractivity contribution in [2.24, 2.45) is 0 Å². The van der Waals surface area contributed by atoms with Gasteiger partial charge in [-0.2, -0.15) is 0 Å². The molecule has 5 heteroatoms. The van der Waals surface area contributed by atoms with Crippen molar-refractivity contribution in [2.45, 2.75) is 12.5 Å². The van der Waals surface area contributed by atoms with Crippen LogP contribution >= 0.6 is 27.5 Å². The lowest BCUT2D eigenvalue weighted by Crippen LogP contribution is -2.38. The number of nitrogens with zero attached hydrogens (tertiary/aromatic N) is 1. The quantitative estimate of drug-likeness (QED) is 0.909. The molecule has 1 aromatic carbocycles. The molecule has 1 aliphatic heterocycles. The number of nitrogens with one attached hydrogen (secondary N) is 1. The van der Waals surface area contributed by atoms with Crippen LogP contribution in [-0.2, 0) is 0 Å². The number of benzene rings is 1. The molecular weight excluding hydrogens is 304 g/mol. The molecule has 92 valence electrons. The molecule has 0 bridgehead atoms. The molecule has 17 heavy (non-hydrogen) atoms. The summed E-state index contributed by atoms with van der Waals surface area (Å²) in [7, 11) is 1.83. The Kier molecular flexibility index (Phi) is 4.07. The van der Waals surface area contributed by atoms with Crippen LogP contribution in [0.4, 0.5) is 0 Å². The largest absolute Gasteiger partial charge is 0.337 e. The van der Waals surface area contributed by atoms with Gasteiger partial charge in [0, 0.05) is 24.1 Å². The predicted molar refractivity (Wildman–Crippen MR) is 72.5 cm³/mol. The fourth-order valence-corrected chi connectivity index (χ4v) is 2.55. The number of carbonyl (C=O) groups is 1. The summed E-state index contributed by atoms with van der Waals surface area (Å²) in [6.07, 6.45) is 0.994. The van der Waals surface area contributed by atoms with E-state index in [0.717, 1.165) is 24.0 Å². The highest BCUT2D eigenvalue weighted by Gasteiger charge is 2.25. The first-order valence-corrected chi connectivity index (χ1v) is 6.69. The molecule has 1 fully saturated rings. The summed E-state index contributed by atoms with van der Waals surface area (Å²) in [6, 6.07) is 5.59. The molecule has 0 radical (unpaired) electrons. The zero-order valence-corrected chi connectivity index (χ0v) is 11.9. The SMILES string of the molecule is CN(C(=O)c1cc(Br)ccc1Cl)[C@@H]1CCNC1. The van der Waals surface area contributed by atoms with Gasteiger partial charge < -0.3 is 10.2 Å². The molecule has 2 rings (SSSR count). The Morgan fingerprint density at radius 3 is 3.00 bits per heavy atom. The maximum atomic E-state index is 12.3. The summed E-state index contributed by atoms with van der Waals surface area (Å²) in [5.41, 5.74) is 0.551.